The summed E-state index contributed by atoms with van der Waals surface area (Å²) in [6.45, 7) is 3.83. The lowest BCUT2D eigenvalue weighted by atomic mass is 10.0. The predicted octanol–water partition coefficient (Wildman–Crippen LogP) is 3.70. The van der Waals surface area contributed by atoms with Crippen molar-refractivity contribution in [3.8, 4) is 6.07 Å². The van der Waals surface area contributed by atoms with Crippen LogP contribution in [0.1, 0.15) is 18.0 Å². The Morgan fingerprint density at radius 1 is 1.20 bits per heavy atom. The van der Waals surface area contributed by atoms with Gasteiger partial charge in [0.25, 0.3) is 0 Å². The van der Waals surface area contributed by atoms with E-state index in [0.717, 1.165) is 31.7 Å². The minimum Gasteiger partial charge on any atom is -0.314 e. The fourth-order valence-corrected chi connectivity index (χ4v) is 2.56. The first-order chi connectivity index (χ1) is 8.72. The summed E-state index contributed by atoms with van der Waals surface area (Å²) >= 11 is 12.0. The number of halogens is 4. The van der Waals surface area contributed by atoms with Gasteiger partial charge in [-0.2, -0.15) is 5.26 Å². The molecule has 1 aromatic rings. The van der Waals surface area contributed by atoms with Gasteiger partial charge in [-0.15, -0.1) is 24.8 Å². The topological polar surface area (TPSA) is 39.1 Å². The molecular formula is C13H17Cl4N3. The lowest BCUT2D eigenvalue weighted by molar-refractivity contribution is 0.175. The third-order valence-corrected chi connectivity index (χ3v) is 3.94. The van der Waals surface area contributed by atoms with E-state index in [0.29, 0.717) is 16.5 Å². The first kappa shape index (κ1) is 19.8. The fraction of sp³-hybridized carbons (Fsp3) is 0.462. The second-order valence-electron chi connectivity index (χ2n) is 4.34. The zero-order valence-corrected chi connectivity index (χ0v) is 14.0. The molecule has 1 aliphatic rings. The minimum absolute atomic E-state index is 0. The first-order valence-corrected chi connectivity index (χ1v) is 6.74. The maximum absolute atomic E-state index is 9.00. The number of rotatable bonds is 3. The SMILES string of the molecule is Cl.Cl.N#CC[C@@H](c1ccc(Cl)c(Cl)c1)N1CCNCC1. The van der Waals surface area contributed by atoms with Crippen molar-refractivity contribution in [2.75, 3.05) is 26.2 Å². The molecule has 0 bridgehead atoms. The summed E-state index contributed by atoms with van der Waals surface area (Å²) in [6, 6.07) is 7.99. The molecule has 0 radical (unpaired) electrons. The Morgan fingerprint density at radius 2 is 1.85 bits per heavy atom. The molecule has 1 saturated heterocycles. The lowest BCUT2D eigenvalue weighted by Crippen LogP contribution is -2.45. The summed E-state index contributed by atoms with van der Waals surface area (Å²) < 4.78 is 0. The number of nitrogens with one attached hydrogen (secondary N) is 1. The average Bonchev–Trinajstić information content (AvgIpc) is 2.40. The van der Waals surface area contributed by atoms with E-state index in [1.807, 2.05) is 12.1 Å². The van der Waals surface area contributed by atoms with Crippen molar-refractivity contribution in [2.45, 2.75) is 12.5 Å². The molecule has 0 unspecified atom stereocenters. The summed E-state index contributed by atoms with van der Waals surface area (Å²) in [4.78, 5) is 2.32. The average molecular weight is 357 g/mol. The molecule has 0 spiro atoms. The lowest BCUT2D eigenvalue weighted by Gasteiger charge is -2.34. The van der Waals surface area contributed by atoms with Crippen molar-refractivity contribution in [1.82, 2.24) is 10.2 Å². The molecule has 1 heterocycles. The van der Waals surface area contributed by atoms with Crippen LogP contribution < -0.4 is 5.32 Å². The van der Waals surface area contributed by atoms with Crippen LogP contribution in [0.2, 0.25) is 10.0 Å². The molecule has 3 nitrogen and oxygen atoms in total. The van der Waals surface area contributed by atoms with Gasteiger partial charge >= 0.3 is 0 Å². The Hall–Kier alpha value is -0.210. The Balaban J connectivity index is 0.00000180. The highest BCUT2D eigenvalue weighted by Gasteiger charge is 2.22. The smallest absolute Gasteiger partial charge is 0.0641 e. The van der Waals surface area contributed by atoms with Crippen LogP contribution in [0.15, 0.2) is 18.2 Å². The van der Waals surface area contributed by atoms with Crippen LogP contribution in [-0.2, 0) is 0 Å². The predicted molar refractivity (Wildman–Crippen MR) is 88.4 cm³/mol. The van der Waals surface area contributed by atoms with Crippen molar-refractivity contribution < 1.29 is 0 Å². The van der Waals surface area contributed by atoms with Crippen molar-refractivity contribution >= 4 is 48.0 Å². The first-order valence-electron chi connectivity index (χ1n) is 5.99. The summed E-state index contributed by atoms with van der Waals surface area (Å²) in [7, 11) is 0. The highest BCUT2D eigenvalue weighted by Crippen LogP contribution is 2.30. The Labute approximate surface area is 142 Å². The van der Waals surface area contributed by atoms with Gasteiger partial charge in [0.2, 0.25) is 0 Å². The molecule has 1 fully saturated rings. The summed E-state index contributed by atoms with van der Waals surface area (Å²) in [6.07, 6.45) is 0.470. The van der Waals surface area contributed by atoms with Gasteiger partial charge in [-0.25, -0.2) is 0 Å². The van der Waals surface area contributed by atoms with Crippen LogP contribution in [0, 0.1) is 11.3 Å². The third-order valence-electron chi connectivity index (χ3n) is 3.21. The molecule has 1 atom stereocenters. The van der Waals surface area contributed by atoms with Gasteiger partial charge in [0.1, 0.15) is 0 Å². The van der Waals surface area contributed by atoms with E-state index in [1.54, 1.807) is 6.07 Å². The zero-order valence-electron chi connectivity index (χ0n) is 10.8. The van der Waals surface area contributed by atoms with Crippen LogP contribution in [0.5, 0.6) is 0 Å². The molecule has 20 heavy (non-hydrogen) atoms. The van der Waals surface area contributed by atoms with Crippen molar-refractivity contribution in [3.05, 3.63) is 33.8 Å². The van der Waals surface area contributed by atoms with E-state index < -0.39 is 0 Å². The van der Waals surface area contributed by atoms with Crippen molar-refractivity contribution in [1.29, 1.82) is 5.26 Å². The summed E-state index contributed by atoms with van der Waals surface area (Å²) in [5.74, 6) is 0. The molecule has 112 valence electrons. The summed E-state index contributed by atoms with van der Waals surface area (Å²) in [5.41, 5.74) is 1.06. The largest absolute Gasteiger partial charge is 0.314 e. The monoisotopic (exact) mass is 355 g/mol. The number of benzene rings is 1. The maximum Gasteiger partial charge on any atom is 0.0641 e. The second-order valence-corrected chi connectivity index (χ2v) is 5.15. The van der Waals surface area contributed by atoms with Crippen LogP contribution in [0.25, 0.3) is 0 Å². The van der Waals surface area contributed by atoms with Crippen molar-refractivity contribution in [3.63, 3.8) is 0 Å². The second kappa shape index (κ2) is 9.68. The molecular weight excluding hydrogens is 340 g/mol. The zero-order chi connectivity index (χ0) is 13.0. The Bertz CT molecular complexity index is 455. The van der Waals surface area contributed by atoms with Crippen LogP contribution >= 0.6 is 48.0 Å². The van der Waals surface area contributed by atoms with Gasteiger partial charge < -0.3 is 5.32 Å². The Morgan fingerprint density at radius 3 is 2.40 bits per heavy atom. The number of hydrogen-bond donors (Lipinski definition) is 1. The molecule has 1 aromatic carbocycles. The quantitative estimate of drug-likeness (QED) is 0.897. The molecule has 0 aromatic heterocycles. The van der Waals surface area contributed by atoms with Gasteiger partial charge in [0.05, 0.1) is 22.5 Å². The number of nitriles is 1. The highest BCUT2D eigenvalue weighted by molar-refractivity contribution is 6.42. The maximum atomic E-state index is 9.00. The highest BCUT2D eigenvalue weighted by atomic mass is 35.5. The molecule has 0 aliphatic carbocycles. The van der Waals surface area contributed by atoms with E-state index in [2.05, 4.69) is 16.3 Å². The van der Waals surface area contributed by atoms with E-state index >= 15 is 0 Å². The van der Waals surface area contributed by atoms with E-state index in [9.17, 15) is 0 Å². The number of piperazine rings is 1. The molecule has 0 saturated carbocycles. The minimum atomic E-state index is 0. The Kier molecular flexibility index (Phi) is 9.58. The van der Waals surface area contributed by atoms with Gasteiger partial charge in [-0.05, 0) is 17.7 Å². The molecule has 1 N–H and O–H groups in total. The van der Waals surface area contributed by atoms with E-state index in [1.165, 1.54) is 0 Å². The van der Waals surface area contributed by atoms with Crippen LogP contribution in [0.4, 0.5) is 0 Å². The molecule has 2 rings (SSSR count). The molecule has 1 aliphatic heterocycles. The fourth-order valence-electron chi connectivity index (χ4n) is 2.26. The number of hydrogen-bond acceptors (Lipinski definition) is 3. The standard InChI is InChI=1S/C13H15Cl2N3.2ClH/c14-11-2-1-10(9-12(11)15)13(3-4-16)18-7-5-17-6-8-18;;/h1-2,9,13,17H,3,5-8H2;2*1H/t13-;;/m0../s1. The number of nitrogens with zero attached hydrogens (tertiary/aromatic N) is 2. The molecule has 7 heteroatoms. The van der Waals surface area contributed by atoms with E-state index in [-0.39, 0.29) is 30.9 Å². The van der Waals surface area contributed by atoms with Crippen molar-refractivity contribution in [2.24, 2.45) is 0 Å². The van der Waals surface area contributed by atoms with Gasteiger partial charge in [0, 0.05) is 32.2 Å². The van der Waals surface area contributed by atoms with Gasteiger partial charge in [0.15, 0.2) is 0 Å². The van der Waals surface area contributed by atoms with Gasteiger partial charge in [-0.3, -0.25) is 4.90 Å². The van der Waals surface area contributed by atoms with Crippen LogP contribution in [-0.4, -0.2) is 31.1 Å². The van der Waals surface area contributed by atoms with Gasteiger partial charge in [-0.1, -0.05) is 29.3 Å². The molecule has 0 amide bonds. The van der Waals surface area contributed by atoms with E-state index in [4.69, 9.17) is 28.5 Å². The van der Waals surface area contributed by atoms with Crippen LogP contribution in [0.3, 0.4) is 0 Å². The summed E-state index contributed by atoms with van der Waals surface area (Å²) in [5, 5.41) is 13.4. The normalized spacial score (nSPS) is 16.4. The third kappa shape index (κ3) is 4.96.